The Kier molecular flexibility index (Phi) is 4.49. The molecule has 0 saturated heterocycles. The lowest BCUT2D eigenvalue weighted by Crippen LogP contribution is -2.43. The van der Waals surface area contributed by atoms with E-state index < -0.39 is 5.60 Å². The summed E-state index contributed by atoms with van der Waals surface area (Å²) in [7, 11) is 0. The molecule has 3 unspecified atom stereocenters. The van der Waals surface area contributed by atoms with Crippen LogP contribution in [0.5, 0.6) is 0 Å². The van der Waals surface area contributed by atoms with E-state index >= 15 is 0 Å². The molecule has 1 aromatic carbocycles. The molecule has 19 heavy (non-hydrogen) atoms. The maximum Gasteiger partial charge on any atom is 0.0944 e. The summed E-state index contributed by atoms with van der Waals surface area (Å²) in [6, 6.07) is 5.39. The fourth-order valence-corrected chi connectivity index (χ4v) is 3.96. The zero-order valence-electron chi connectivity index (χ0n) is 11.8. The number of benzene rings is 1. The molecule has 0 heterocycles. The van der Waals surface area contributed by atoms with Crippen LogP contribution >= 0.6 is 23.2 Å². The second-order valence-corrected chi connectivity index (χ2v) is 7.13. The van der Waals surface area contributed by atoms with Crippen molar-refractivity contribution in [2.24, 2.45) is 17.8 Å². The Morgan fingerprint density at radius 3 is 2.58 bits per heavy atom. The maximum absolute atomic E-state index is 11.3. The number of halogens is 2. The van der Waals surface area contributed by atoms with E-state index in [2.05, 4.69) is 20.8 Å². The second-order valence-electron chi connectivity index (χ2n) is 6.29. The second kappa shape index (κ2) is 5.63. The third kappa shape index (κ3) is 2.94. The van der Waals surface area contributed by atoms with Gasteiger partial charge in [0.05, 0.1) is 5.60 Å². The van der Waals surface area contributed by atoms with Crippen molar-refractivity contribution in [3.05, 3.63) is 33.8 Å². The van der Waals surface area contributed by atoms with Crippen molar-refractivity contribution in [1.82, 2.24) is 0 Å². The van der Waals surface area contributed by atoms with Gasteiger partial charge >= 0.3 is 0 Å². The van der Waals surface area contributed by atoms with Crippen molar-refractivity contribution in [2.45, 2.75) is 45.6 Å². The van der Waals surface area contributed by atoms with Gasteiger partial charge < -0.3 is 5.11 Å². The Morgan fingerprint density at radius 2 is 1.95 bits per heavy atom. The molecule has 106 valence electrons. The zero-order chi connectivity index (χ0) is 14.2. The van der Waals surface area contributed by atoms with E-state index in [1.165, 1.54) is 6.42 Å². The zero-order valence-corrected chi connectivity index (χ0v) is 13.3. The van der Waals surface area contributed by atoms with Crippen LogP contribution in [0.4, 0.5) is 0 Å². The molecule has 0 aromatic heterocycles. The molecule has 1 fully saturated rings. The average molecular weight is 301 g/mol. The molecular formula is C16H22Cl2O. The highest BCUT2D eigenvalue weighted by Gasteiger charge is 2.45. The summed E-state index contributed by atoms with van der Waals surface area (Å²) in [4.78, 5) is 0. The monoisotopic (exact) mass is 300 g/mol. The molecule has 1 aliphatic rings. The lowest BCUT2D eigenvalue weighted by Gasteiger charge is -2.45. The molecule has 1 saturated carbocycles. The van der Waals surface area contributed by atoms with Crippen LogP contribution in [0.2, 0.25) is 10.0 Å². The Balaban J connectivity index is 2.49. The van der Waals surface area contributed by atoms with Crippen molar-refractivity contribution in [2.75, 3.05) is 0 Å². The molecule has 0 radical (unpaired) electrons. The Bertz CT molecular complexity index is 458. The molecule has 3 heteroatoms. The lowest BCUT2D eigenvalue weighted by atomic mass is 9.64. The summed E-state index contributed by atoms with van der Waals surface area (Å²) in [5.74, 6) is 1.17. The van der Waals surface area contributed by atoms with Gasteiger partial charge in [-0.15, -0.1) is 0 Å². The first-order valence-electron chi connectivity index (χ1n) is 7.02. The van der Waals surface area contributed by atoms with Crippen LogP contribution in [0.3, 0.4) is 0 Å². The minimum atomic E-state index is -0.853. The predicted molar refractivity (Wildman–Crippen MR) is 81.7 cm³/mol. The fraction of sp³-hybridized carbons (Fsp3) is 0.625. The smallest absolute Gasteiger partial charge is 0.0944 e. The van der Waals surface area contributed by atoms with Gasteiger partial charge in [0, 0.05) is 15.6 Å². The predicted octanol–water partition coefficient (Wildman–Crippen LogP) is 5.27. The maximum atomic E-state index is 11.3. The lowest BCUT2D eigenvalue weighted by molar-refractivity contribution is -0.0864. The summed E-state index contributed by atoms with van der Waals surface area (Å²) in [5.41, 5.74) is -0.0553. The van der Waals surface area contributed by atoms with E-state index in [9.17, 15) is 5.11 Å². The van der Waals surface area contributed by atoms with Crippen molar-refractivity contribution in [1.29, 1.82) is 0 Å². The molecule has 0 spiro atoms. The molecule has 0 bridgehead atoms. The van der Waals surface area contributed by atoms with Crippen LogP contribution in [0, 0.1) is 17.8 Å². The first-order valence-corrected chi connectivity index (χ1v) is 7.78. The van der Waals surface area contributed by atoms with Gasteiger partial charge in [-0.25, -0.2) is 0 Å². The number of hydrogen-bond acceptors (Lipinski definition) is 1. The highest BCUT2D eigenvalue weighted by atomic mass is 35.5. The van der Waals surface area contributed by atoms with Gasteiger partial charge in [0.1, 0.15) is 0 Å². The molecule has 0 aliphatic heterocycles. The summed E-state index contributed by atoms with van der Waals surface area (Å²) in [6.07, 6.45) is 2.97. The molecule has 1 aromatic rings. The molecule has 1 N–H and O–H groups in total. The van der Waals surface area contributed by atoms with Gasteiger partial charge in [-0.1, -0.05) is 50.4 Å². The fourth-order valence-electron chi connectivity index (χ4n) is 3.51. The molecule has 1 nitrogen and oxygen atoms in total. The topological polar surface area (TPSA) is 20.2 Å². The average Bonchev–Trinajstić information content (AvgIpc) is 2.31. The minimum absolute atomic E-state index is 0.236. The molecule has 2 rings (SSSR count). The van der Waals surface area contributed by atoms with E-state index in [-0.39, 0.29) is 5.92 Å². The van der Waals surface area contributed by atoms with E-state index in [4.69, 9.17) is 23.2 Å². The van der Waals surface area contributed by atoms with E-state index in [1.54, 1.807) is 12.1 Å². The van der Waals surface area contributed by atoms with Gasteiger partial charge in [-0.2, -0.15) is 0 Å². The number of rotatable bonds is 2. The molecule has 0 amide bonds. The minimum Gasteiger partial charge on any atom is -0.385 e. The van der Waals surface area contributed by atoms with E-state index in [0.717, 1.165) is 18.4 Å². The van der Waals surface area contributed by atoms with Crippen molar-refractivity contribution < 1.29 is 5.11 Å². The van der Waals surface area contributed by atoms with Crippen molar-refractivity contribution in [3.8, 4) is 0 Å². The third-order valence-corrected chi connectivity index (χ3v) is 5.01. The molecular weight excluding hydrogens is 279 g/mol. The summed E-state index contributed by atoms with van der Waals surface area (Å²) in [6.45, 7) is 6.54. The number of aliphatic hydroxyl groups is 1. The first-order chi connectivity index (χ1) is 8.84. The van der Waals surface area contributed by atoms with Crippen LogP contribution in [-0.4, -0.2) is 5.11 Å². The normalized spacial score (nSPS) is 31.7. The van der Waals surface area contributed by atoms with E-state index in [0.29, 0.717) is 21.9 Å². The van der Waals surface area contributed by atoms with Gasteiger partial charge in [-0.05, 0) is 48.8 Å². The van der Waals surface area contributed by atoms with Crippen molar-refractivity contribution >= 4 is 23.2 Å². The van der Waals surface area contributed by atoms with Crippen LogP contribution in [0.15, 0.2) is 18.2 Å². The van der Waals surface area contributed by atoms with Gasteiger partial charge in [0.15, 0.2) is 0 Å². The van der Waals surface area contributed by atoms with Crippen LogP contribution in [-0.2, 0) is 5.60 Å². The van der Waals surface area contributed by atoms with Crippen LogP contribution in [0.25, 0.3) is 0 Å². The standard InChI is InChI=1S/C16H22Cl2O/c1-10(2)13-6-4-11(3)9-16(13,19)14-8-12(17)5-7-15(14)18/h5,7-8,10-11,13,19H,4,6,9H2,1-3H3. The highest BCUT2D eigenvalue weighted by Crippen LogP contribution is 2.49. The Morgan fingerprint density at radius 1 is 1.26 bits per heavy atom. The van der Waals surface area contributed by atoms with Gasteiger partial charge in [-0.3, -0.25) is 0 Å². The molecule has 3 atom stereocenters. The third-order valence-electron chi connectivity index (χ3n) is 4.44. The van der Waals surface area contributed by atoms with Crippen LogP contribution < -0.4 is 0 Å². The summed E-state index contributed by atoms with van der Waals surface area (Å²) < 4.78 is 0. The first kappa shape index (κ1) is 15.2. The Labute approximate surface area is 125 Å². The summed E-state index contributed by atoms with van der Waals surface area (Å²) in [5, 5.41) is 12.6. The largest absolute Gasteiger partial charge is 0.385 e. The Hall–Kier alpha value is -0.240. The van der Waals surface area contributed by atoms with Crippen molar-refractivity contribution in [3.63, 3.8) is 0 Å². The van der Waals surface area contributed by atoms with Gasteiger partial charge in [0.25, 0.3) is 0 Å². The van der Waals surface area contributed by atoms with Gasteiger partial charge in [0.2, 0.25) is 0 Å². The number of hydrogen-bond donors (Lipinski definition) is 1. The van der Waals surface area contributed by atoms with E-state index in [1.807, 2.05) is 6.07 Å². The SMILES string of the molecule is CC1CCC(C(C)C)C(O)(c2cc(Cl)ccc2Cl)C1. The van der Waals surface area contributed by atoms with Crippen LogP contribution in [0.1, 0.15) is 45.6 Å². The highest BCUT2D eigenvalue weighted by molar-refractivity contribution is 6.33. The quantitative estimate of drug-likeness (QED) is 0.788. The summed E-state index contributed by atoms with van der Waals surface area (Å²) >= 11 is 12.4. The molecule has 1 aliphatic carbocycles.